The Labute approximate surface area is 103 Å². The molecule has 0 unspecified atom stereocenters. The molecular weight excluding hydrogens is 208 g/mol. The summed E-state index contributed by atoms with van der Waals surface area (Å²) in [5, 5.41) is 3.48. The average Bonchev–Trinajstić information content (AvgIpc) is 2.72. The molecule has 0 spiro atoms. The van der Waals surface area contributed by atoms with Crippen LogP contribution >= 0.6 is 0 Å². The van der Waals surface area contributed by atoms with Gasteiger partial charge in [0.2, 0.25) is 0 Å². The number of nitrogens with one attached hydrogen (secondary N) is 1. The van der Waals surface area contributed by atoms with Crippen LogP contribution < -0.4 is 5.32 Å². The summed E-state index contributed by atoms with van der Waals surface area (Å²) in [7, 11) is 0. The van der Waals surface area contributed by atoms with Crippen LogP contribution in [0, 0.1) is 13.8 Å². The Kier molecular flexibility index (Phi) is 3.52. The highest BCUT2D eigenvalue weighted by molar-refractivity contribution is 5.48. The van der Waals surface area contributed by atoms with Crippen molar-refractivity contribution in [2.45, 2.75) is 33.9 Å². The number of hydrogen-bond donors (Lipinski definition) is 1. The summed E-state index contributed by atoms with van der Waals surface area (Å²) >= 11 is 0. The molecule has 1 aromatic carbocycles. The van der Waals surface area contributed by atoms with Crippen molar-refractivity contribution >= 4 is 5.69 Å². The van der Waals surface area contributed by atoms with Gasteiger partial charge in [-0.3, -0.25) is 0 Å². The molecule has 2 heteroatoms. The molecule has 0 aliphatic rings. The third-order valence-electron chi connectivity index (χ3n) is 2.96. The lowest BCUT2D eigenvalue weighted by molar-refractivity contribution is 0.724. The summed E-state index contributed by atoms with van der Waals surface area (Å²) in [6.45, 7) is 8.33. The van der Waals surface area contributed by atoms with Crippen molar-refractivity contribution in [1.82, 2.24) is 4.57 Å². The molecule has 2 nitrogen and oxygen atoms in total. The normalized spacial score (nSPS) is 10.5. The monoisotopic (exact) mass is 228 g/mol. The summed E-state index contributed by atoms with van der Waals surface area (Å²) in [6.07, 6.45) is 2.12. The molecule has 0 saturated heterocycles. The third-order valence-corrected chi connectivity index (χ3v) is 2.96. The molecule has 1 N–H and O–H groups in total. The van der Waals surface area contributed by atoms with Gasteiger partial charge in [-0.1, -0.05) is 6.07 Å². The van der Waals surface area contributed by atoms with E-state index in [0.717, 1.165) is 13.1 Å². The Balaban J connectivity index is 2.07. The molecule has 0 radical (unpaired) electrons. The highest BCUT2D eigenvalue weighted by Crippen LogP contribution is 2.15. The number of hydrogen-bond acceptors (Lipinski definition) is 1. The smallest absolute Gasteiger partial charge is 0.0553 e. The van der Waals surface area contributed by atoms with Crippen LogP contribution in [0.3, 0.4) is 0 Å². The van der Waals surface area contributed by atoms with Crippen LogP contribution in [-0.2, 0) is 13.1 Å². The molecule has 0 amide bonds. The highest BCUT2D eigenvalue weighted by atomic mass is 15.0. The molecule has 0 fully saturated rings. The van der Waals surface area contributed by atoms with E-state index in [1.54, 1.807) is 0 Å². The Bertz CT molecular complexity index is 477. The summed E-state index contributed by atoms with van der Waals surface area (Å²) < 4.78 is 2.26. The first-order valence-electron chi connectivity index (χ1n) is 6.15. The molecular formula is C15H20N2. The van der Waals surface area contributed by atoms with Crippen molar-refractivity contribution in [1.29, 1.82) is 0 Å². The molecule has 2 rings (SSSR count). The molecule has 0 saturated carbocycles. The number of anilines is 1. The zero-order chi connectivity index (χ0) is 12.3. The lowest BCUT2D eigenvalue weighted by Crippen LogP contribution is -2.06. The van der Waals surface area contributed by atoms with E-state index in [-0.39, 0.29) is 0 Å². The minimum atomic E-state index is 0.879. The van der Waals surface area contributed by atoms with E-state index >= 15 is 0 Å². The van der Waals surface area contributed by atoms with Crippen LogP contribution in [0.4, 0.5) is 5.69 Å². The number of aryl methyl sites for hydroxylation is 3. The molecule has 1 heterocycles. The summed E-state index contributed by atoms with van der Waals surface area (Å²) in [5.41, 5.74) is 5.13. The van der Waals surface area contributed by atoms with E-state index in [1.165, 1.54) is 22.5 Å². The third kappa shape index (κ3) is 2.90. The Hall–Kier alpha value is -1.70. The first-order valence-corrected chi connectivity index (χ1v) is 6.15. The summed E-state index contributed by atoms with van der Waals surface area (Å²) in [5.74, 6) is 0. The number of rotatable bonds is 4. The first-order chi connectivity index (χ1) is 8.19. The van der Waals surface area contributed by atoms with E-state index in [1.807, 2.05) is 0 Å². The molecule has 1 aromatic heterocycles. The molecule has 0 bridgehead atoms. The van der Waals surface area contributed by atoms with E-state index in [4.69, 9.17) is 0 Å². The van der Waals surface area contributed by atoms with Gasteiger partial charge < -0.3 is 9.88 Å². The SMILES string of the molecule is CCn1cccc1CNc1cc(C)cc(C)c1. The Morgan fingerprint density at radius 3 is 2.47 bits per heavy atom. The summed E-state index contributed by atoms with van der Waals surface area (Å²) in [4.78, 5) is 0. The van der Waals surface area contributed by atoms with Gasteiger partial charge in [-0.05, 0) is 56.2 Å². The van der Waals surface area contributed by atoms with Crippen molar-refractivity contribution in [3.05, 3.63) is 53.3 Å². The highest BCUT2D eigenvalue weighted by Gasteiger charge is 2.00. The standard InChI is InChI=1S/C15H20N2/c1-4-17-7-5-6-15(17)11-16-14-9-12(2)8-13(3)10-14/h5-10,16H,4,11H2,1-3H3. The maximum atomic E-state index is 3.48. The van der Waals surface area contributed by atoms with Crippen molar-refractivity contribution in [3.63, 3.8) is 0 Å². The fraction of sp³-hybridized carbons (Fsp3) is 0.333. The average molecular weight is 228 g/mol. The second-order valence-electron chi connectivity index (χ2n) is 4.52. The van der Waals surface area contributed by atoms with Gasteiger partial charge >= 0.3 is 0 Å². The topological polar surface area (TPSA) is 17.0 Å². The largest absolute Gasteiger partial charge is 0.379 e. The second kappa shape index (κ2) is 5.09. The van der Waals surface area contributed by atoms with Gasteiger partial charge in [0.05, 0.1) is 6.54 Å². The van der Waals surface area contributed by atoms with Crippen LogP contribution in [0.15, 0.2) is 36.5 Å². The van der Waals surface area contributed by atoms with Gasteiger partial charge in [0, 0.05) is 24.1 Å². The zero-order valence-corrected chi connectivity index (χ0v) is 10.8. The quantitative estimate of drug-likeness (QED) is 0.843. The van der Waals surface area contributed by atoms with Crippen molar-refractivity contribution in [2.75, 3.05) is 5.32 Å². The number of aromatic nitrogens is 1. The van der Waals surface area contributed by atoms with Gasteiger partial charge in [0.25, 0.3) is 0 Å². The molecule has 90 valence electrons. The Morgan fingerprint density at radius 1 is 1.12 bits per heavy atom. The lowest BCUT2D eigenvalue weighted by Gasteiger charge is -2.10. The van der Waals surface area contributed by atoms with Crippen LogP contribution in [-0.4, -0.2) is 4.57 Å². The maximum Gasteiger partial charge on any atom is 0.0553 e. The molecule has 0 atom stereocenters. The lowest BCUT2D eigenvalue weighted by atomic mass is 10.1. The Morgan fingerprint density at radius 2 is 1.82 bits per heavy atom. The van der Waals surface area contributed by atoms with E-state index in [0.29, 0.717) is 0 Å². The molecule has 17 heavy (non-hydrogen) atoms. The maximum absolute atomic E-state index is 3.48. The number of benzene rings is 1. The molecule has 0 aliphatic carbocycles. The van der Waals surface area contributed by atoms with Gasteiger partial charge in [-0.15, -0.1) is 0 Å². The van der Waals surface area contributed by atoms with Crippen LogP contribution in [0.25, 0.3) is 0 Å². The van der Waals surface area contributed by atoms with Crippen LogP contribution in [0.1, 0.15) is 23.7 Å². The minimum Gasteiger partial charge on any atom is -0.379 e. The summed E-state index contributed by atoms with van der Waals surface area (Å²) in [6, 6.07) is 10.8. The predicted octanol–water partition coefficient (Wildman–Crippen LogP) is 3.74. The van der Waals surface area contributed by atoms with Crippen LogP contribution in [0.2, 0.25) is 0 Å². The van der Waals surface area contributed by atoms with Gasteiger partial charge in [-0.2, -0.15) is 0 Å². The minimum absolute atomic E-state index is 0.879. The zero-order valence-electron chi connectivity index (χ0n) is 10.8. The number of nitrogens with zero attached hydrogens (tertiary/aromatic N) is 1. The fourth-order valence-electron chi connectivity index (χ4n) is 2.19. The van der Waals surface area contributed by atoms with Crippen molar-refractivity contribution in [2.24, 2.45) is 0 Å². The fourth-order valence-corrected chi connectivity index (χ4v) is 2.19. The van der Waals surface area contributed by atoms with E-state index < -0.39 is 0 Å². The van der Waals surface area contributed by atoms with E-state index in [9.17, 15) is 0 Å². The van der Waals surface area contributed by atoms with Gasteiger partial charge in [-0.25, -0.2) is 0 Å². The van der Waals surface area contributed by atoms with E-state index in [2.05, 4.69) is 67.2 Å². The molecule has 2 aromatic rings. The first kappa shape index (κ1) is 11.8. The molecule has 0 aliphatic heterocycles. The predicted molar refractivity (Wildman–Crippen MR) is 73.3 cm³/mol. The van der Waals surface area contributed by atoms with Crippen molar-refractivity contribution in [3.8, 4) is 0 Å². The van der Waals surface area contributed by atoms with Crippen molar-refractivity contribution < 1.29 is 0 Å². The van der Waals surface area contributed by atoms with Gasteiger partial charge in [0.15, 0.2) is 0 Å². The van der Waals surface area contributed by atoms with Crippen LogP contribution in [0.5, 0.6) is 0 Å². The van der Waals surface area contributed by atoms with Gasteiger partial charge in [0.1, 0.15) is 0 Å². The second-order valence-corrected chi connectivity index (χ2v) is 4.52.